The van der Waals surface area contributed by atoms with Gasteiger partial charge in [0.15, 0.2) is 6.61 Å². The van der Waals surface area contributed by atoms with Crippen molar-refractivity contribution in [2.75, 3.05) is 0 Å². The second-order valence-corrected chi connectivity index (χ2v) is 4.41. The normalized spacial score (nSPS) is 14.1. The SMILES string of the molecule is CCC(O)C(C)c1nc(COc2ccccc2)no1. The summed E-state index contributed by atoms with van der Waals surface area (Å²) in [7, 11) is 0. The highest BCUT2D eigenvalue weighted by Gasteiger charge is 2.20. The minimum absolute atomic E-state index is 0.164. The number of aliphatic hydroxyl groups excluding tert-OH is 1. The number of rotatable bonds is 6. The van der Waals surface area contributed by atoms with Crippen LogP contribution in [0.3, 0.4) is 0 Å². The van der Waals surface area contributed by atoms with E-state index in [1.54, 1.807) is 0 Å². The molecule has 0 fully saturated rings. The van der Waals surface area contributed by atoms with E-state index in [0.29, 0.717) is 18.1 Å². The van der Waals surface area contributed by atoms with Gasteiger partial charge in [0.1, 0.15) is 5.75 Å². The molecule has 2 rings (SSSR count). The van der Waals surface area contributed by atoms with Crippen molar-refractivity contribution in [3.63, 3.8) is 0 Å². The van der Waals surface area contributed by atoms with E-state index in [-0.39, 0.29) is 12.5 Å². The van der Waals surface area contributed by atoms with Crippen LogP contribution in [0.2, 0.25) is 0 Å². The molecule has 2 aromatic rings. The zero-order valence-electron chi connectivity index (χ0n) is 11.1. The molecule has 0 radical (unpaired) electrons. The maximum atomic E-state index is 9.74. The number of hydrogen-bond donors (Lipinski definition) is 1. The topological polar surface area (TPSA) is 68.4 Å². The molecule has 0 spiro atoms. The van der Waals surface area contributed by atoms with Crippen molar-refractivity contribution < 1.29 is 14.4 Å². The third kappa shape index (κ3) is 3.54. The number of hydrogen-bond acceptors (Lipinski definition) is 5. The summed E-state index contributed by atoms with van der Waals surface area (Å²) in [6, 6.07) is 9.45. The molecule has 2 atom stereocenters. The van der Waals surface area contributed by atoms with Crippen molar-refractivity contribution >= 4 is 0 Å². The van der Waals surface area contributed by atoms with E-state index in [1.165, 1.54) is 0 Å². The third-order valence-electron chi connectivity index (χ3n) is 2.98. The summed E-state index contributed by atoms with van der Waals surface area (Å²) in [4.78, 5) is 4.23. The summed E-state index contributed by atoms with van der Waals surface area (Å²) >= 11 is 0. The van der Waals surface area contributed by atoms with Crippen LogP contribution in [0.15, 0.2) is 34.9 Å². The Balaban J connectivity index is 1.94. The van der Waals surface area contributed by atoms with E-state index < -0.39 is 6.10 Å². The molecule has 0 aliphatic carbocycles. The first-order valence-corrected chi connectivity index (χ1v) is 6.39. The number of benzene rings is 1. The number of nitrogens with zero attached hydrogens (tertiary/aromatic N) is 2. The molecule has 1 aromatic heterocycles. The molecule has 1 N–H and O–H groups in total. The molecule has 2 unspecified atom stereocenters. The van der Waals surface area contributed by atoms with E-state index in [1.807, 2.05) is 44.2 Å². The van der Waals surface area contributed by atoms with Crippen molar-refractivity contribution in [3.8, 4) is 5.75 Å². The quantitative estimate of drug-likeness (QED) is 0.866. The van der Waals surface area contributed by atoms with Crippen molar-refractivity contribution in [2.45, 2.75) is 38.9 Å². The molecular formula is C14H18N2O3. The van der Waals surface area contributed by atoms with Crippen LogP contribution in [0.4, 0.5) is 0 Å². The largest absolute Gasteiger partial charge is 0.485 e. The van der Waals surface area contributed by atoms with Gasteiger partial charge in [-0.05, 0) is 18.6 Å². The lowest BCUT2D eigenvalue weighted by molar-refractivity contribution is 0.129. The lowest BCUT2D eigenvalue weighted by Crippen LogP contribution is -2.14. The minimum Gasteiger partial charge on any atom is -0.485 e. The predicted molar refractivity (Wildman–Crippen MR) is 69.8 cm³/mol. The summed E-state index contributed by atoms with van der Waals surface area (Å²) in [6.45, 7) is 4.03. The Bertz CT molecular complexity index is 498. The van der Waals surface area contributed by atoms with Crippen molar-refractivity contribution in [3.05, 3.63) is 42.0 Å². The molecule has 5 heteroatoms. The standard InChI is InChI=1S/C14H18N2O3/c1-3-12(17)10(2)14-15-13(16-19-14)9-18-11-7-5-4-6-8-11/h4-8,10,12,17H,3,9H2,1-2H3. The maximum absolute atomic E-state index is 9.74. The van der Waals surface area contributed by atoms with Gasteiger partial charge < -0.3 is 14.4 Å². The van der Waals surface area contributed by atoms with Crippen LogP contribution in [0.5, 0.6) is 5.75 Å². The minimum atomic E-state index is -0.469. The Labute approximate surface area is 112 Å². The molecule has 5 nitrogen and oxygen atoms in total. The van der Waals surface area contributed by atoms with E-state index >= 15 is 0 Å². The van der Waals surface area contributed by atoms with Gasteiger partial charge in [-0.1, -0.05) is 37.2 Å². The van der Waals surface area contributed by atoms with Gasteiger partial charge in [-0.25, -0.2) is 0 Å². The Morgan fingerprint density at radius 1 is 1.32 bits per heavy atom. The molecule has 0 amide bonds. The van der Waals surface area contributed by atoms with E-state index in [0.717, 1.165) is 5.75 Å². The molecule has 0 saturated heterocycles. The number of ether oxygens (including phenoxy) is 1. The molecule has 0 bridgehead atoms. The second-order valence-electron chi connectivity index (χ2n) is 4.41. The van der Waals surface area contributed by atoms with E-state index in [9.17, 15) is 5.11 Å². The van der Waals surface area contributed by atoms with E-state index in [2.05, 4.69) is 10.1 Å². The fourth-order valence-corrected chi connectivity index (χ4v) is 1.69. The fraction of sp³-hybridized carbons (Fsp3) is 0.429. The number of para-hydroxylation sites is 1. The molecule has 0 aliphatic heterocycles. The van der Waals surface area contributed by atoms with Gasteiger partial charge in [0.05, 0.1) is 12.0 Å². The highest BCUT2D eigenvalue weighted by Crippen LogP contribution is 2.19. The zero-order chi connectivity index (χ0) is 13.7. The van der Waals surface area contributed by atoms with Crippen LogP contribution in [-0.2, 0) is 6.61 Å². The lowest BCUT2D eigenvalue weighted by atomic mass is 10.0. The molecule has 1 heterocycles. The van der Waals surface area contributed by atoms with Gasteiger partial charge in [0.2, 0.25) is 11.7 Å². The Hall–Kier alpha value is -1.88. The monoisotopic (exact) mass is 262 g/mol. The van der Waals surface area contributed by atoms with Crippen LogP contribution >= 0.6 is 0 Å². The van der Waals surface area contributed by atoms with Gasteiger partial charge in [-0.3, -0.25) is 0 Å². The first-order valence-electron chi connectivity index (χ1n) is 6.39. The highest BCUT2D eigenvalue weighted by molar-refractivity contribution is 5.20. The molecule has 1 aromatic carbocycles. The van der Waals surface area contributed by atoms with Crippen molar-refractivity contribution in [2.24, 2.45) is 0 Å². The van der Waals surface area contributed by atoms with Crippen LogP contribution in [0.25, 0.3) is 0 Å². The smallest absolute Gasteiger partial charge is 0.232 e. The molecule has 0 saturated carbocycles. The van der Waals surface area contributed by atoms with Gasteiger partial charge >= 0.3 is 0 Å². The van der Waals surface area contributed by atoms with Gasteiger partial charge in [-0.2, -0.15) is 4.98 Å². The third-order valence-corrected chi connectivity index (χ3v) is 2.98. The van der Waals surface area contributed by atoms with Gasteiger partial charge in [0.25, 0.3) is 0 Å². The van der Waals surface area contributed by atoms with Crippen LogP contribution in [-0.4, -0.2) is 21.4 Å². The summed E-state index contributed by atoms with van der Waals surface area (Å²) in [5.41, 5.74) is 0. The maximum Gasteiger partial charge on any atom is 0.232 e. The molecule has 102 valence electrons. The first kappa shape index (κ1) is 13.5. The van der Waals surface area contributed by atoms with Crippen molar-refractivity contribution in [1.82, 2.24) is 10.1 Å². The lowest BCUT2D eigenvalue weighted by Gasteiger charge is -2.11. The van der Waals surface area contributed by atoms with Crippen LogP contribution in [0, 0.1) is 0 Å². The average Bonchev–Trinajstić information content (AvgIpc) is 2.93. The molecule has 19 heavy (non-hydrogen) atoms. The summed E-state index contributed by atoms with van der Waals surface area (Å²) in [5.74, 6) is 1.52. The fourth-order valence-electron chi connectivity index (χ4n) is 1.69. The number of aromatic nitrogens is 2. The van der Waals surface area contributed by atoms with E-state index in [4.69, 9.17) is 9.26 Å². The zero-order valence-corrected chi connectivity index (χ0v) is 11.1. The molecular weight excluding hydrogens is 244 g/mol. The second kappa shape index (κ2) is 6.33. The Morgan fingerprint density at radius 3 is 2.74 bits per heavy atom. The Morgan fingerprint density at radius 2 is 2.05 bits per heavy atom. The summed E-state index contributed by atoms with van der Waals surface area (Å²) < 4.78 is 10.7. The van der Waals surface area contributed by atoms with Gasteiger partial charge in [-0.15, -0.1) is 0 Å². The first-order chi connectivity index (χ1) is 9.20. The van der Waals surface area contributed by atoms with Crippen LogP contribution in [0.1, 0.15) is 37.9 Å². The predicted octanol–water partition coefficient (Wildman–Crippen LogP) is 2.52. The Kier molecular flexibility index (Phi) is 4.52. The van der Waals surface area contributed by atoms with Gasteiger partial charge in [0, 0.05) is 0 Å². The molecule has 0 aliphatic rings. The highest BCUT2D eigenvalue weighted by atomic mass is 16.5. The van der Waals surface area contributed by atoms with Crippen molar-refractivity contribution in [1.29, 1.82) is 0 Å². The average molecular weight is 262 g/mol. The van der Waals surface area contributed by atoms with Crippen LogP contribution < -0.4 is 4.74 Å². The summed E-state index contributed by atoms with van der Waals surface area (Å²) in [5, 5.41) is 13.6. The number of aliphatic hydroxyl groups is 1. The summed E-state index contributed by atoms with van der Waals surface area (Å²) in [6.07, 6.45) is 0.183.